The van der Waals surface area contributed by atoms with Gasteiger partial charge in [-0.3, -0.25) is 0 Å². The van der Waals surface area contributed by atoms with Gasteiger partial charge < -0.3 is 4.74 Å². The van der Waals surface area contributed by atoms with Crippen molar-refractivity contribution in [3.8, 4) is 5.75 Å². The SMILES string of the molecule is O=C=N[C@H]1CCOc2cc(C(F)(F)F)ccc21. The summed E-state index contributed by atoms with van der Waals surface area (Å²) in [6.45, 7) is 0.240. The predicted octanol–water partition coefficient (Wildman–Crippen LogP) is 2.86. The molecule has 1 aliphatic rings. The van der Waals surface area contributed by atoms with E-state index in [-0.39, 0.29) is 12.4 Å². The number of aliphatic imine (C=N–C) groups is 1. The minimum absolute atomic E-state index is 0.134. The molecule has 0 aliphatic carbocycles. The summed E-state index contributed by atoms with van der Waals surface area (Å²) in [5.41, 5.74) is -0.278. The Balaban J connectivity index is 2.43. The molecule has 0 amide bonds. The number of ether oxygens (including phenoxy) is 1. The first-order valence-corrected chi connectivity index (χ1v) is 4.93. The van der Waals surface area contributed by atoms with Crippen molar-refractivity contribution in [1.82, 2.24) is 0 Å². The van der Waals surface area contributed by atoms with Crippen molar-refractivity contribution in [1.29, 1.82) is 0 Å². The van der Waals surface area contributed by atoms with Crippen LogP contribution in [0.15, 0.2) is 23.2 Å². The van der Waals surface area contributed by atoms with Gasteiger partial charge in [-0.2, -0.15) is 18.2 Å². The number of isocyanates is 1. The summed E-state index contributed by atoms with van der Waals surface area (Å²) in [6.07, 6.45) is -2.52. The molecule has 1 heterocycles. The first-order valence-electron chi connectivity index (χ1n) is 4.93. The highest BCUT2D eigenvalue weighted by atomic mass is 19.4. The van der Waals surface area contributed by atoms with Gasteiger partial charge in [0.05, 0.1) is 18.2 Å². The number of hydrogen-bond donors (Lipinski definition) is 0. The van der Waals surface area contributed by atoms with E-state index in [1.807, 2.05) is 0 Å². The van der Waals surface area contributed by atoms with Crippen molar-refractivity contribution in [2.45, 2.75) is 18.6 Å². The molecule has 90 valence electrons. The van der Waals surface area contributed by atoms with Gasteiger partial charge in [0.1, 0.15) is 5.75 Å². The maximum absolute atomic E-state index is 12.5. The zero-order chi connectivity index (χ0) is 12.5. The Bertz CT molecular complexity index is 478. The fraction of sp³-hybridized carbons (Fsp3) is 0.364. The number of rotatable bonds is 1. The maximum atomic E-state index is 12.5. The average molecular weight is 243 g/mol. The minimum atomic E-state index is -4.40. The van der Waals surface area contributed by atoms with Crippen molar-refractivity contribution < 1.29 is 22.7 Å². The molecule has 1 aliphatic heterocycles. The smallest absolute Gasteiger partial charge is 0.416 e. The summed E-state index contributed by atoms with van der Waals surface area (Å²) in [7, 11) is 0. The van der Waals surface area contributed by atoms with E-state index in [0.29, 0.717) is 12.0 Å². The summed E-state index contributed by atoms with van der Waals surface area (Å²) in [4.78, 5) is 13.7. The van der Waals surface area contributed by atoms with Crippen molar-refractivity contribution in [3.05, 3.63) is 29.3 Å². The van der Waals surface area contributed by atoms with Crippen molar-refractivity contribution in [2.24, 2.45) is 4.99 Å². The van der Waals surface area contributed by atoms with E-state index >= 15 is 0 Å². The van der Waals surface area contributed by atoms with Crippen LogP contribution in [0.4, 0.5) is 13.2 Å². The van der Waals surface area contributed by atoms with Gasteiger partial charge in [-0.15, -0.1) is 0 Å². The van der Waals surface area contributed by atoms with Gasteiger partial charge in [-0.25, -0.2) is 4.79 Å². The summed E-state index contributed by atoms with van der Waals surface area (Å²) >= 11 is 0. The minimum Gasteiger partial charge on any atom is -0.493 e. The van der Waals surface area contributed by atoms with E-state index in [9.17, 15) is 18.0 Å². The molecule has 17 heavy (non-hydrogen) atoms. The van der Waals surface area contributed by atoms with Crippen LogP contribution in [-0.2, 0) is 11.0 Å². The van der Waals surface area contributed by atoms with Crippen LogP contribution in [0, 0.1) is 0 Å². The molecule has 0 N–H and O–H groups in total. The lowest BCUT2D eigenvalue weighted by molar-refractivity contribution is -0.137. The second-order valence-corrected chi connectivity index (χ2v) is 3.62. The van der Waals surface area contributed by atoms with Crippen molar-refractivity contribution in [3.63, 3.8) is 0 Å². The second-order valence-electron chi connectivity index (χ2n) is 3.62. The van der Waals surface area contributed by atoms with E-state index in [4.69, 9.17) is 4.74 Å². The Morgan fingerprint density at radius 1 is 1.41 bits per heavy atom. The number of carbonyl (C=O) groups excluding carboxylic acids is 1. The van der Waals surface area contributed by atoms with E-state index in [1.165, 1.54) is 12.1 Å². The van der Waals surface area contributed by atoms with Gasteiger partial charge in [0.25, 0.3) is 0 Å². The number of halogens is 3. The number of fused-ring (bicyclic) bond motifs is 1. The van der Waals surface area contributed by atoms with Crippen LogP contribution in [0.3, 0.4) is 0 Å². The standard InChI is InChI=1S/C11H8F3NO2/c12-11(13,14)7-1-2-8-9(15-6-16)3-4-17-10(8)5-7/h1-2,5,9H,3-4H2/t9-/m0/s1. The first-order chi connectivity index (χ1) is 8.02. The molecule has 0 aromatic heterocycles. The third-order valence-electron chi connectivity index (χ3n) is 2.56. The Hall–Kier alpha value is -1.81. The van der Waals surface area contributed by atoms with Gasteiger partial charge in [0, 0.05) is 12.0 Å². The predicted molar refractivity (Wildman–Crippen MR) is 52.4 cm³/mol. The van der Waals surface area contributed by atoms with Crippen LogP contribution in [0.2, 0.25) is 0 Å². The van der Waals surface area contributed by atoms with Gasteiger partial charge in [0.2, 0.25) is 6.08 Å². The Morgan fingerprint density at radius 2 is 2.18 bits per heavy atom. The van der Waals surface area contributed by atoms with Gasteiger partial charge in [-0.05, 0) is 12.1 Å². The average Bonchev–Trinajstić information content (AvgIpc) is 2.28. The largest absolute Gasteiger partial charge is 0.493 e. The lowest BCUT2D eigenvalue weighted by atomic mass is 9.99. The highest BCUT2D eigenvalue weighted by Gasteiger charge is 2.32. The molecular weight excluding hydrogens is 235 g/mol. The van der Waals surface area contributed by atoms with E-state index < -0.39 is 17.8 Å². The van der Waals surface area contributed by atoms with Crippen molar-refractivity contribution >= 4 is 6.08 Å². The zero-order valence-corrected chi connectivity index (χ0v) is 8.62. The Morgan fingerprint density at radius 3 is 2.82 bits per heavy atom. The second kappa shape index (κ2) is 4.22. The molecule has 0 spiro atoms. The molecule has 3 nitrogen and oxygen atoms in total. The summed E-state index contributed by atoms with van der Waals surface area (Å²) in [6, 6.07) is 2.73. The van der Waals surface area contributed by atoms with E-state index in [2.05, 4.69) is 4.99 Å². The monoisotopic (exact) mass is 243 g/mol. The van der Waals surface area contributed by atoms with Gasteiger partial charge in [0.15, 0.2) is 0 Å². The Kier molecular flexibility index (Phi) is 2.90. The van der Waals surface area contributed by atoms with Crippen LogP contribution in [0.5, 0.6) is 5.75 Å². The molecule has 1 atom stereocenters. The van der Waals surface area contributed by atoms with Crippen LogP contribution in [-0.4, -0.2) is 12.7 Å². The summed E-state index contributed by atoms with van der Waals surface area (Å²) in [5.74, 6) is 0.134. The molecule has 2 rings (SSSR count). The highest BCUT2D eigenvalue weighted by molar-refractivity contribution is 5.44. The van der Waals surface area contributed by atoms with Crippen LogP contribution in [0.1, 0.15) is 23.6 Å². The number of alkyl halides is 3. The number of hydrogen-bond acceptors (Lipinski definition) is 3. The third kappa shape index (κ3) is 2.31. The molecule has 1 aromatic rings. The third-order valence-corrected chi connectivity index (χ3v) is 2.56. The number of benzene rings is 1. The zero-order valence-electron chi connectivity index (χ0n) is 8.62. The fourth-order valence-electron chi connectivity index (χ4n) is 1.74. The molecule has 0 radical (unpaired) electrons. The van der Waals surface area contributed by atoms with Crippen molar-refractivity contribution in [2.75, 3.05) is 6.61 Å². The van der Waals surface area contributed by atoms with Gasteiger partial charge in [-0.1, -0.05) is 6.07 Å². The maximum Gasteiger partial charge on any atom is 0.416 e. The molecule has 0 fully saturated rings. The molecule has 0 unspecified atom stereocenters. The number of nitrogens with zero attached hydrogens (tertiary/aromatic N) is 1. The van der Waals surface area contributed by atoms with Crippen LogP contribution in [0.25, 0.3) is 0 Å². The van der Waals surface area contributed by atoms with Gasteiger partial charge >= 0.3 is 6.18 Å². The first kappa shape index (κ1) is 11.7. The molecule has 0 saturated carbocycles. The highest BCUT2D eigenvalue weighted by Crippen LogP contribution is 2.38. The quantitative estimate of drug-likeness (QED) is 0.562. The fourth-order valence-corrected chi connectivity index (χ4v) is 1.74. The molecule has 1 aromatic carbocycles. The summed E-state index contributed by atoms with van der Waals surface area (Å²) < 4.78 is 42.5. The van der Waals surface area contributed by atoms with Crippen LogP contribution < -0.4 is 4.74 Å². The topological polar surface area (TPSA) is 38.7 Å². The lowest BCUT2D eigenvalue weighted by Gasteiger charge is -2.23. The normalized spacial score (nSPS) is 18.9. The summed E-state index contributed by atoms with van der Waals surface area (Å²) in [5, 5.41) is 0. The lowest BCUT2D eigenvalue weighted by Crippen LogP contribution is -2.14. The molecule has 0 saturated heterocycles. The molecular formula is C11H8F3NO2. The molecule has 6 heteroatoms. The van der Waals surface area contributed by atoms with E-state index in [0.717, 1.165) is 12.1 Å². The van der Waals surface area contributed by atoms with E-state index in [1.54, 1.807) is 0 Å². The molecule has 0 bridgehead atoms. The Labute approximate surface area is 94.9 Å². The van der Waals surface area contributed by atoms with Crippen LogP contribution >= 0.6 is 0 Å².